The fraction of sp³-hybridized carbons (Fsp3) is 0.667. The first-order chi connectivity index (χ1) is 11.8. The van der Waals surface area contributed by atoms with Crippen LogP contribution >= 0.6 is 0 Å². The molecule has 0 radical (unpaired) electrons. The van der Waals surface area contributed by atoms with Gasteiger partial charge in [0.1, 0.15) is 18.3 Å². The number of aliphatic hydroxyl groups excluding tert-OH is 3. The number of nitrogens with one attached hydrogen (secondary N) is 1. The van der Waals surface area contributed by atoms with Crippen molar-refractivity contribution in [2.24, 2.45) is 0 Å². The molecule has 0 amide bonds. The van der Waals surface area contributed by atoms with Gasteiger partial charge in [0.15, 0.2) is 5.78 Å². The van der Waals surface area contributed by atoms with E-state index in [0.29, 0.717) is 23.6 Å². The molecular formula is C15H21FN2O7. The number of aromatic amines is 1. The maximum Gasteiger partial charge on any atom is 0.331 e. The lowest BCUT2D eigenvalue weighted by molar-refractivity contribution is -0.176. The van der Waals surface area contributed by atoms with Crippen molar-refractivity contribution >= 4 is 5.78 Å². The summed E-state index contributed by atoms with van der Waals surface area (Å²) in [5, 5.41) is 29.7. The van der Waals surface area contributed by atoms with E-state index in [0.717, 1.165) is 6.42 Å². The van der Waals surface area contributed by atoms with Gasteiger partial charge in [-0.05, 0) is 6.42 Å². The fourth-order valence-electron chi connectivity index (χ4n) is 2.92. The van der Waals surface area contributed by atoms with Gasteiger partial charge in [0.25, 0.3) is 5.56 Å². The van der Waals surface area contributed by atoms with E-state index in [1.807, 2.05) is 6.92 Å². The van der Waals surface area contributed by atoms with Crippen molar-refractivity contribution in [3.05, 3.63) is 32.9 Å². The normalized spacial score (nSPS) is 29.1. The maximum absolute atomic E-state index is 13.7. The van der Waals surface area contributed by atoms with Gasteiger partial charge in [0.05, 0.1) is 12.8 Å². The van der Waals surface area contributed by atoms with Crippen LogP contribution < -0.4 is 11.2 Å². The molecule has 2 heterocycles. The van der Waals surface area contributed by atoms with Gasteiger partial charge in [-0.1, -0.05) is 19.8 Å². The molecular weight excluding hydrogens is 339 g/mol. The number of hydrogen-bond acceptors (Lipinski definition) is 7. The molecule has 1 aromatic rings. The van der Waals surface area contributed by atoms with Crippen LogP contribution in [0.1, 0.15) is 32.6 Å². The molecule has 1 fully saturated rings. The summed E-state index contributed by atoms with van der Waals surface area (Å²) in [6.45, 7) is 1.18. The van der Waals surface area contributed by atoms with Gasteiger partial charge in [-0.25, -0.2) is 4.79 Å². The molecule has 4 N–H and O–H groups in total. The second-order valence-electron chi connectivity index (χ2n) is 5.96. The Kier molecular flexibility index (Phi) is 5.88. The zero-order chi connectivity index (χ0) is 18.8. The first-order valence-corrected chi connectivity index (χ1v) is 7.99. The number of aromatic nitrogens is 2. The van der Waals surface area contributed by atoms with Crippen molar-refractivity contribution in [3.8, 4) is 0 Å². The smallest absolute Gasteiger partial charge is 0.331 e. The number of carbonyl (C=O) groups excluding carboxylic acids is 1. The number of halogens is 1. The summed E-state index contributed by atoms with van der Waals surface area (Å²) in [4.78, 5) is 37.8. The molecule has 10 heteroatoms. The molecule has 1 saturated heterocycles. The number of ketones is 1. The Morgan fingerprint density at radius 3 is 2.64 bits per heavy atom. The first kappa shape index (κ1) is 19.4. The van der Waals surface area contributed by atoms with Gasteiger partial charge in [-0.15, -0.1) is 0 Å². The molecule has 0 spiro atoms. The molecule has 0 bridgehead atoms. The molecule has 25 heavy (non-hydrogen) atoms. The fourth-order valence-corrected chi connectivity index (χ4v) is 2.92. The van der Waals surface area contributed by atoms with Crippen LogP contribution in [0.4, 0.5) is 4.39 Å². The Balaban J connectivity index is 2.58. The van der Waals surface area contributed by atoms with Crippen LogP contribution in [-0.2, 0) is 15.3 Å². The average Bonchev–Trinajstić information content (AvgIpc) is 2.84. The lowest BCUT2D eigenvalue weighted by Crippen LogP contribution is -2.56. The number of hydrogen-bond donors (Lipinski definition) is 4. The van der Waals surface area contributed by atoms with Gasteiger partial charge >= 0.3 is 5.69 Å². The van der Waals surface area contributed by atoms with Crippen LogP contribution in [0.15, 0.2) is 15.8 Å². The second kappa shape index (κ2) is 7.56. The molecule has 2 rings (SSSR count). The zero-order valence-electron chi connectivity index (χ0n) is 13.6. The summed E-state index contributed by atoms with van der Waals surface area (Å²) in [7, 11) is 0. The van der Waals surface area contributed by atoms with E-state index >= 15 is 0 Å². The molecule has 1 aliphatic heterocycles. The van der Waals surface area contributed by atoms with Crippen LogP contribution in [0.3, 0.4) is 0 Å². The third-order valence-electron chi connectivity index (χ3n) is 4.28. The van der Waals surface area contributed by atoms with E-state index in [-0.39, 0.29) is 6.42 Å². The number of aliphatic hydroxyl groups is 3. The minimum atomic E-state index is -2.43. The number of H-pyrrole nitrogens is 1. The van der Waals surface area contributed by atoms with Crippen molar-refractivity contribution in [3.63, 3.8) is 0 Å². The third-order valence-corrected chi connectivity index (χ3v) is 4.28. The highest BCUT2D eigenvalue weighted by molar-refractivity contribution is 5.86. The monoisotopic (exact) mass is 360 g/mol. The third kappa shape index (κ3) is 3.30. The SMILES string of the molecule is CCCCCC(=O)[C@@]1(n2cc(F)c(=O)[nH]c2=O)O[C@H](CO)[C@@H](O)[C@H]1O. The Bertz CT molecular complexity index is 746. The predicted octanol–water partition coefficient (Wildman–Crippen LogP) is -1.41. The highest BCUT2D eigenvalue weighted by atomic mass is 19.1. The molecule has 4 atom stereocenters. The van der Waals surface area contributed by atoms with E-state index < -0.39 is 53.5 Å². The Hall–Kier alpha value is -1.88. The highest BCUT2D eigenvalue weighted by Gasteiger charge is 2.60. The minimum Gasteiger partial charge on any atom is -0.394 e. The minimum absolute atomic E-state index is 0.108. The molecule has 1 aliphatic rings. The summed E-state index contributed by atoms with van der Waals surface area (Å²) in [5.74, 6) is -2.13. The molecule has 140 valence electrons. The lowest BCUT2D eigenvalue weighted by atomic mass is 9.94. The van der Waals surface area contributed by atoms with Crippen LogP contribution in [0, 0.1) is 5.82 Å². The quantitative estimate of drug-likeness (QED) is 0.438. The lowest BCUT2D eigenvalue weighted by Gasteiger charge is -2.32. The standard InChI is InChI=1S/C15H21FN2O7/c1-2-3-4-5-10(20)15(12(22)11(21)9(7-19)25-15)18-6-8(16)13(23)17-14(18)24/h6,9,11-12,19,21-22H,2-5,7H2,1H3,(H,17,23,24)/t9-,11-,12-,15-/m1/s1. The molecule has 0 saturated carbocycles. The predicted molar refractivity (Wildman–Crippen MR) is 82.4 cm³/mol. The molecule has 0 aliphatic carbocycles. The molecule has 9 nitrogen and oxygen atoms in total. The van der Waals surface area contributed by atoms with Crippen LogP contribution in [-0.4, -0.2) is 55.6 Å². The van der Waals surface area contributed by atoms with Crippen molar-refractivity contribution in [1.82, 2.24) is 9.55 Å². The van der Waals surface area contributed by atoms with E-state index in [2.05, 4.69) is 0 Å². The second-order valence-corrected chi connectivity index (χ2v) is 5.96. The summed E-state index contributed by atoms with van der Waals surface area (Å²) < 4.78 is 19.5. The van der Waals surface area contributed by atoms with E-state index in [1.54, 1.807) is 4.98 Å². The van der Waals surface area contributed by atoms with E-state index in [9.17, 15) is 34.1 Å². The van der Waals surface area contributed by atoms with Crippen molar-refractivity contribution in [1.29, 1.82) is 0 Å². The zero-order valence-corrected chi connectivity index (χ0v) is 13.6. The molecule has 0 unspecified atom stereocenters. The summed E-state index contributed by atoms with van der Waals surface area (Å²) in [5.41, 5.74) is -4.90. The molecule has 1 aromatic heterocycles. The van der Waals surface area contributed by atoms with Crippen molar-refractivity contribution < 1.29 is 29.2 Å². The van der Waals surface area contributed by atoms with Crippen LogP contribution in [0.2, 0.25) is 0 Å². The highest BCUT2D eigenvalue weighted by Crippen LogP contribution is 2.37. The van der Waals surface area contributed by atoms with E-state index in [1.165, 1.54) is 0 Å². The van der Waals surface area contributed by atoms with Gasteiger partial charge in [-0.2, -0.15) is 4.39 Å². The summed E-state index contributed by atoms with van der Waals surface area (Å²) in [6, 6.07) is 0. The number of nitrogens with zero attached hydrogens (tertiary/aromatic N) is 1. The van der Waals surface area contributed by atoms with Gasteiger partial charge < -0.3 is 20.1 Å². The number of Topliss-reactive ketones (excluding diaryl/α,β-unsaturated/α-hetero) is 1. The number of rotatable bonds is 7. The molecule has 0 aromatic carbocycles. The maximum atomic E-state index is 13.7. The average molecular weight is 360 g/mol. The topological polar surface area (TPSA) is 142 Å². The first-order valence-electron chi connectivity index (χ1n) is 7.99. The summed E-state index contributed by atoms with van der Waals surface area (Å²) in [6.07, 6.45) is -2.70. The van der Waals surface area contributed by atoms with Crippen LogP contribution in [0.25, 0.3) is 0 Å². The Labute approximate surface area is 141 Å². The number of carbonyl (C=O) groups is 1. The van der Waals surface area contributed by atoms with Crippen LogP contribution in [0.5, 0.6) is 0 Å². The van der Waals surface area contributed by atoms with Gasteiger partial charge in [0, 0.05) is 6.42 Å². The van der Waals surface area contributed by atoms with Gasteiger partial charge in [0.2, 0.25) is 11.5 Å². The number of unbranched alkanes of at least 4 members (excludes halogenated alkanes) is 2. The van der Waals surface area contributed by atoms with Gasteiger partial charge in [-0.3, -0.25) is 19.1 Å². The van der Waals surface area contributed by atoms with E-state index in [4.69, 9.17) is 4.74 Å². The summed E-state index contributed by atoms with van der Waals surface area (Å²) >= 11 is 0. The Morgan fingerprint density at radius 2 is 2.08 bits per heavy atom. The van der Waals surface area contributed by atoms with Crippen molar-refractivity contribution in [2.75, 3.05) is 6.61 Å². The van der Waals surface area contributed by atoms with Crippen molar-refractivity contribution in [2.45, 2.75) is 56.6 Å². The Morgan fingerprint density at radius 1 is 1.40 bits per heavy atom. The number of ether oxygens (including phenoxy) is 1. The largest absolute Gasteiger partial charge is 0.394 e.